The number of nitrogens with one attached hydrogen (secondary N) is 2. The summed E-state index contributed by atoms with van der Waals surface area (Å²) in [4.78, 5) is 23.6. The van der Waals surface area contributed by atoms with Gasteiger partial charge in [0.25, 0.3) is 0 Å². The Bertz CT molecular complexity index is 636. The van der Waals surface area contributed by atoms with E-state index in [0.29, 0.717) is 0 Å². The van der Waals surface area contributed by atoms with Crippen molar-refractivity contribution in [3.63, 3.8) is 0 Å². The average molecular weight is 296 g/mol. The number of carbonyl (C=O) groups is 2. The number of para-hydroxylation sites is 1. The van der Waals surface area contributed by atoms with E-state index in [1.54, 1.807) is 0 Å². The van der Waals surface area contributed by atoms with Crippen LogP contribution in [0.2, 0.25) is 0 Å². The van der Waals surface area contributed by atoms with Crippen molar-refractivity contribution in [2.24, 2.45) is 0 Å². The molecule has 2 rings (SSSR count). The Morgan fingerprint density at radius 2 is 1.64 bits per heavy atom. The Hall–Kier alpha value is -2.62. The third-order valence-corrected chi connectivity index (χ3v) is 3.30. The third-order valence-electron chi connectivity index (χ3n) is 3.30. The molecule has 0 saturated heterocycles. The maximum absolute atomic E-state index is 12.2. The number of anilines is 1. The van der Waals surface area contributed by atoms with Crippen LogP contribution in [0.15, 0.2) is 54.6 Å². The zero-order chi connectivity index (χ0) is 15.9. The second-order valence-electron chi connectivity index (χ2n) is 5.28. The van der Waals surface area contributed by atoms with Crippen LogP contribution in [0.4, 0.5) is 5.69 Å². The predicted molar refractivity (Wildman–Crippen MR) is 87.4 cm³/mol. The number of aryl methyl sites for hydroxylation is 1. The van der Waals surface area contributed by atoms with Crippen molar-refractivity contribution in [2.45, 2.75) is 26.3 Å². The molecule has 0 bridgehead atoms. The maximum Gasteiger partial charge on any atom is 0.226 e. The van der Waals surface area contributed by atoms with Gasteiger partial charge in [-0.1, -0.05) is 48.0 Å². The summed E-state index contributed by atoms with van der Waals surface area (Å²) in [6.45, 7) is 3.45. The van der Waals surface area contributed by atoms with Crippen molar-refractivity contribution >= 4 is 17.5 Å². The van der Waals surface area contributed by atoms with Crippen LogP contribution in [0.5, 0.6) is 0 Å². The van der Waals surface area contributed by atoms with Gasteiger partial charge in [-0.3, -0.25) is 9.59 Å². The summed E-state index contributed by atoms with van der Waals surface area (Å²) in [5, 5.41) is 5.67. The van der Waals surface area contributed by atoms with Crippen LogP contribution in [0.25, 0.3) is 0 Å². The van der Waals surface area contributed by atoms with Crippen LogP contribution in [0, 0.1) is 6.92 Å². The van der Waals surface area contributed by atoms with Crippen LogP contribution < -0.4 is 10.6 Å². The molecule has 0 aliphatic heterocycles. The van der Waals surface area contributed by atoms with E-state index >= 15 is 0 Å². The Morgan fingerprint density at radius 3 is 2.23 bits per heavy atom. The van der Waals surface area contributed by atoms with Crippen molar-refractivity contribution in [1.82, 2.24) is 5.32 Å². The summed E-state index contributed by atoms with van der Waals surface area (Å²) < 4.78 is 0. The molecule has 2 aromatic rings. The smallest absolute Gasteiger partial charge is 0.226 e. The molecule has 114 valence electrons. The second kappa shape index (κ2) is 7.41. The van der Waals surface area contributed by atoms with E-state index in [4.69, 9.17) is 0 Å². The first kappa shape index (κ1) is 15.8. The zero-order valence-corrected chi connectivity index (χ0v) is 12.8. The molecule has 0 aromatic heterocycles. The van der Waals surface area contributed by atoms with Crippen molar-refractivity contribution in [3.8, 4) is 0 Å². The molecule has 0 saturated carbocycles. The molecule has 0 aliphatic rings. The van der Waals surface area contributed by atoms with E-state index in [-0.39, 0.29) is 24.3 Å². The lowest BCUT2D eigenvalue weighted by atomic mass is 10.0. The molecule has 4 heteroatoms. The van der Waals surface area contributed by atoms with Crippen LogP contribution in [-0.4, -0.2) is 11.8 Å². The Morgan fingerprint density at radius 1 is 1.00 bits per heavy atom. The van der Waals surface area contributed by atoms with Gasteiger partial charge in [-0.2, -0.15) is 0 Å². The van der Waals surface area contributed by atoms with Crippen LogP contribution in [0.1, 0.15) is 30.5 Å². The molecular weight excluding hydrogens is 276 g/mol. The fourth-order valence-corrected chi connectivity index (χ4v) is 2.22. The minimum Gasteiger partial charge on any atom is -0.349 e. The largest absolute Gasteiger partial charge is 0.349 e. The number of benzene rings is 2. The molecule has 2 aromatic carbocycles. The molecule has 4 nitrogen and oxygen atoms in total. The van der Waals surface area contributed by atoms with Gasteiger partial charge in [-0.15, -0.1) is 0 Å². The summed E-state index contributed by atoms with van der Waals surface area (Å²) in [5.41, 5.74) is 2.81. The van der Waals surface area contributed by atoms with E-state index < -0.39 is 0 Å². The number of carbonyl (C=O) groups excluding carboxylic acids is 2. The third kappa shape index (κ3) is 4.74. The quantitative estimate of drug-likeness (QED) is 0.890. The van der Waals surface area contributed by atoms with Gasteiger partial charge in [0.05, 0.1) is 12.5 Å². The molecule has 0 radical (unpaired) electrons. The molecule has 1 atom stereocenters. The average Bonchev–Trinajstić information content (AvgIpc) is 2.48. The number of hydrogen-bond acceptors (Lipinski definition) is 2. The van der Waals surface area contributed by atoms with Crippen molar-refractivity contribution in [2.75, 3.05) is 5.32 Å². The fourth-order valence-electron chi connectivity index (χ4n) is 2.22. The monoisotopic (exact) mass is 296 g/mol. The van der Waals surface area contributed by atoms with Crippen molar-refractivity contribution < 1.29 is 9.59 Å². The predicted octanol–water partition coefficient (Wildman–Crippen LogP) is 3.20. The minimum atomic E-state index is -0.332. The molecule has 0 aliphatic carbocycles. The van der Waals surface area contributed by atoms with E-state index in [1.165, 1.54) is 6.92 Å². The number of amides is 2. The van der Waals surface area contributed by atoms with Crippen molar-refractivity contribution in [1.29, 1.82) is 0 Å². The molecule has 0 fully saturated rings. The minimum absolute atomic E-state index is 0.134. The van der Waals surface area contributed by atoms with Crippen molar-refractivity contribution in [3.05, 3.63) is 65.7 Å². The zero-order valence-electron chi connectivity index (χ0n) is 12.8. The summed E-state index contributed by atoms with van der Waals surface area (Å²) in [6.07, 6.45) is 0.192. The molecule has 1 unspecified atom stereocenters. The summed E-state index contributed by atoms with van der Waals surface area (Å²) in [6, 6.07) is 16.8. The van der Waals surface area contributed by atoms with Gasteiger partial charge in [-0.25, -0.2) is 0 Å². The molecule has 2 N–H and O–H groups in total. The van der Waals surface area contributed by atoms with E-state index in [1.807, 2.05) is 61.5 Å². The highest BCUT2D eigenvalue weighted by atomic mass is 16.2. The fraction of sp³-hybridized carbons (Fsp3) is 0.222. The Balaban J connectivity index is 2.07. The number of rotatable bonds is 5. The van der Waals surface area contributed by atoms with Gasteiger partial charge >= 0.3 is 0 Å². The summed E-state index contributed by atoms with van der Waals surface area (Å²) in [7, 11) is 0. The Labute approximate surface area is 130 Å². The molecule has 0 spiro atoms. The van der Waals surface area contributed by atoms with Crippen LogP contribution in [0.3, 0.4) is 0 Å². The van der Waals surface area contributed by atoms with Crippen LogP contribution >= 0.6 is 0 Å². The number of hydrogen-bond donors (Lipinski definition) is 2. The maximum atomic E-state index is 12.2. The normalized spacial score (nSPS) is 11.5. The molecule has 2 amide bonds. The second-order valence-corrected chi connectivity index (χ2v) is 5.28. The Kier molecular flexibility index (Phi) is 5.31. The molecule has 22 heavy (non-hydrogen) atoms. The first-order chi connectivity index (χ1) is 10.5. The lowest BCUT2D eigenvalue weighted by molar-refractivity contribution is -0.120. The lowest BCUT2D eigenvalue weighted by Gasteiger charge is -2.18. The van der Waals surface area contributed by atoms with Gasteiger partial charge in [0.15, 0.2) is 0 Å². The first-order valence-corrected chi connectivity index (χ1v) is 7.23. The first-order valence-electron chi connectivity index (χ1n) is 7.23. The summed E-state index contributed by atoms with van der Waals surface area (Å²) in [5.74, 6) is -0.288. The van der Waals surface area contributed by atoms with Gasteiger partial charge in [-0.05, 0) is 24.6 Å². The highest BCUT2D eigenvalue weighted by Crippen LogP contribution is 2.18. The van der Waals surface area contributed by atoms with Gasteiger partial charge in [0.2, 0.25) is 11.8 Å². The van der Waals surface area contributed by atoms with E-state index in [2.05, 4.69) is 10.6 Å². The molecule has 0 heterocycles. The lowest BCUT2D eigenvalue weighted by Crippen LogP contribution is -2.29. The highest BCUT2D eigenvalue weighted by molar-refractivity contribution is 5.91. The van der Waals surface area contributed by atoms with E-state index in [0.717, 1.165) is 16.8 Å². The standard InChI is InChI=1S/C18H20N2O2/c1-13-8-10-15(11-9-13)17(19-14(2)21)12-18(22)20-16-6-4-3-5-7-16/h3-11,17H,12H2,1-2H3,(H,19,21)(H,20,22). The highest BCUT2D eigenvalue weighted by Gasteiger charge is 2.17. The van der Waals surface area contributed by atoms with Gasteiger partial charge in [0.1, 0.15) is 0 Å². The van der Waals surface area contributed by atoms with E-state index in [9.17, 15) is 9.59 Å². The van der Waals surface area contributed by atoms with Gasteiger partial charge in [0, 0.05) is 12.6 Å². The van der Waals surface area contributed by atoms with Gasteiger partial charge < -0.3 is 10.6 Å². The van der Waals surface area contributed by atoms with Crippen LogP contribution in [-0.2, 0) is 9.59 Å². The topological polar surface area (TPSA) is 58.2 Å². The summed E-state index contributed by atoms with van der Waals surface area (Å²) >= 11 is 0. The molecular formula is C18H20N2O2. The SMILES string of the molecule is CC(=O)NC(CC(=O)Nc1ccccc1)c1ccc(C)cc1.